The smallest absolute Gasteiger partial charge is 0.380 e. The van der Waals surface area contributed by atoms with Gasteiger partial charge in [0.2, 0.25) is 0 Å². The lowest BCUT2D eigenvalue weighted by atomic mass is 10.1. The van der Waals surface area contributed by atoms with Gasteiger partial charge in [-0.25, -0.2) is 0 Å². The largest absolute Gasteiger partial charge is 0.416 e. The van der Waals surface area contributed by atoms with E-state index in [9.17, 15) is 13.2 Å². The van der Waals surface area contributed by atoms with Gasteiger partial charge in [-0.2, -0.15) is 13.2 Å². The van der Waals surface area contributed by atoms with E-state index >= 15 is 0 Å². The van der Waals surface area contributed by atoms with Gasteiger partial charge in [0.05, 0.1) is 11.3 Å². The predicted molar refractivity (Wildman–Crippen MR) is 104 cm³/mol. The quantitative estimate of drug-likeness (QED) is 0.479. The Hall–Kier alpha value is -3.28. The number of nitrogens with zero attached hydrogens (tertiary/aromatic N) is 2. The number of para-hydroxylation sites is 1. The molecule has 0 saturated heterocycles. The zero-order chi connectivity index (χ0) is 19.6. The molecule has 0 radical (unpaired) electrons. The number of hydrogen-bond donors (Lipinski definition) is 1. The highest BCUT2D eigenvalue weighted by Gasteiger charge is 2.32. The summed E-state index contributed by atoms with van der Waals surface area (Å²) in [5.74, 6) is 0. The Morgan fingerprint density at radius 2 is 1.68 bits per heavy atom. The minimum Gasteiger partial charge on any atom is -0.380 e. The first-order valence-electron chi connectivity index (χ1n) is 8.88. The van der Waals surface area contributed by atoms with Crippen molar-refractivity contribution in [3.8, 4) is 0 Å². The molecule has 0 unspecified atom stereocenters. The molecule has 0 atom stereocenters. The molecule has 3 nitrogen and oxygen atoms in total. The summed E-state index contributed by atoms with van der Waals surface area (Å²) in [7, 11) is 0. The van der Waals surface area contributed by atoms with Crippen LogP contribution >= 0.6 is 0 Å². The van der Waals surface area contributed by atoms with Crippen molar-refractivity contribution in [1.82, 2.24) is 9.55 Å². The van der Waals surface area contributed by atoms with Crippen molar-refractivity contribution >= 4 is 16.6 Å². The molecule has 6 heteroatoms. The molecule has 4 aromatic rings. The topological polar surface area (TPSA) is 29.9 Å². The van der Waals surface area contributed by atoms with Gasteiger partial charge in [0.15, 0.2) is 0 Å². The third-order valence-corrected chi connectivity index (χ3v) is 4.68. The van der Waals surface area contributed by atoms with E-state index in [1.54, 1.807) is 18.5 Å². The van der Waals surface area contributed by atoms with Gasteiger partial charge >= 0.3 is 6.18 Å². The second-order valence-corrected chi connectivity index (χ2v) is 6.55. The van der Waals surface area contributed by atoms with Crippen molar-refractivity contribution in [3.05, 3.63) is 95.9 Å². The van der Waals surface area contributed by atoms with E-state index in [2.05, 4.69) is 10.3 Å². The minimum absolute atomic E-state index is 0.156. The van der Waals surface area contributed by atoms with Gasteiger partial charge in [-0.15, -0.1) is 0 Å². The Balaban J connectivity index is 1.67. The lowest BCUT2D eigenvalue weighted by molar-refractivity contribution is -0.138. The molecule has 0 bridgehead atoms. The fourth-order valence-corrected chi connectivity index (χ4v) is 3.38. The molecule has 1 N–H and O–H groups in total. The number of rotatable bonds is 5. The highest BCUT2D eigenvalue weighted by molar-refractivity contribution is 5.84. The zero-order valence-corrected chi connectivity index (χ0v) is 14.9. The molecule has 0 aliphatic heterocycles. The highest BCUT2D eigenvalue weighted by Crippen LogP contribution is 2.33. The van der Waals surface area contributed by atoms with Crippen LogP contribution in [0.5, 0.6) is 0 Å². The van der Waals surface area contributed by atoms with Crippen LogP contribution in [0.15, 0.2) is 79.3 Å². The fraction of sp³-hybridized carbons (Fsp3) is 0.136. The molecular formula is C22H18F3N3. The maximum atomic E-state index is 13.4. The van der Waals surface area contributed by atoms with Crippen molar-refractivity contribution < 1.29 is 13.2 Å². The van der Waals surface area contributed by atoms with Crippen LogP contribution in [0.3, 0.4) is 0 Å². The van der Waals surface area contributed by atoms with Crippen molar-refractivity contribution in [2.24, 2.45) is 0 Å². The van der Waals surface area contributed by atoms with Gasteiger partial charge in [0.25, 0.3) is 0 Å². The molecule has 2 aromatic carbocycles. The van der Waals surface area contributed by atoms with Crippen LogP contribution in [0, 0.1) is 0 Å². The summed E-state index contributed by atoms with van der Waals surface area (Å²) in [5.41, 5.74) is 2.47. The Bertz CT molecular complexity index is 1090. The highest BCUT2D eigenvalue weighted by atomic mass is 19.4. The summed E-state index contributed by atoms with van der Waals surface area (Å²) in [6.07, 6.45) is 0.985. The third-order valence-electron chi connectivity index (χ3n) is 4.68. The van der Waals surface area contributed by atoms with Gasteiger partial charge < -0.3 is 9.88 Å². The fourth-order valence-electron chi connectivity index (χ4n) is 3.38. The van der Waals surface area contributed by atoms with Crippen molar-refractivity contribution in [2.45, 2.75) is 19.3 Å². The first kappa shape index (κ1) is 18.1. The zero-order valence-electron chi connectivity index (χ0n) is 14.9. The number of hydrogen-bond acceptors (Lipinski definition) is 2. The van der Waals surface area contributed by atoms with E-state index < -0.39 is 11.7 Å². The van der Waals surface area contributed by atoms with Crippen molar-refractivity contribution in [3.63, 3.8) is 0 Å². The molecule has 0 amide bonds. The molecule has 28 heavy (non-hydrogen) atoms. The lowest BCUT2D eigenvalue weighted by Crippen LogP contribution is -2.11. The van der Waals surface area contributed by atoms with Crippen molar-refractivity contribution in [1.29, 1.82) is 0 Å². The van der Waals surface area contributed by atoms with E-state index in [0.717, 1.165) is 28.2 Å². The van der Waals surface area contributed by atoms with Crippen LogP contribution in [0.2, 0.25) is 0 Å². The summed E-state index contributed by atoms with van der Waals surface area (Å²) in [6, 6.07) is 17.2. The summed E-state index contributed by atoms with van der Waals surface area (Å²) < 4.78 is 41.9. The number of nitrogens with one attached hydrogen (secondary N) is 1. The van der Waals surface area contributed by atoms with E-state index in [1.165, 1.54) is 12.1 Å². The van der Waals surface area contributed by atoms with Gasteiger partial charge in [-0.1, -0.05) is 36.4 Å². The SMILES string of the molecule is FC(F)(F)c1ccccc1Cn1cc(CNc2cccnc2)c2ccccc21. The average molecular weight is 381 g/mol. The molecule has 0 aliphatic rings. The molecule has 2 heterocycles. The van der Waals surface area contributed by atoms with Gasteiger partial charge in [-0.05, 0) is 35.4 Å². The Morgan fingerprint density at radius 3 is 2.46 bits per heavy atom. The van der Waals surface area contributed by atoms with Crippen LogP contribution in [0.25, 0.3) is 10.9 Å². The Morgan fingerprint density at radius 1 is 0.893 bits per heavy atom. The van der Waals surface area contributed by atoms with Crippen molar-refractivity contribution in [2.75, 3.05) is 5.32 Å². The molecular weight excluding hydrogens is 363 g/mol. The molecule has 2 aromatic heterocycles. The Kier molecular flexibility index (Phi) is 4.77. The van der Waals surface area contributed by atoms with E-state index in [0.29, 0.717) is 6.54 Å². The molecule has 0 spiro atoms. The molecule has 142 valence electrons. The maximum Gasteiger partial charge on any atom is 0.416 e. The predicted octanol–water partition coefficient (Wildman–Crippen LogP) is 5.72. The summed E-state index contributed by atoms with van der Waals surface area (Å²) >= 11 is 0. The van der Waals surface area contributed by atoms with Gasteiger partial charge in [0.1, 0.15) is 0 Å². The second-order valence-electron chi connectivity index (χ2n) is 6.55. The molecule has 0 saturated carbocycles. The van der Waals surface area contributed by atoms with Crippen LogP contribution in [-0.2, 0) is 19.3 Å². The number of anilines is 1. The summed E-state index contributed by atoms with van der Waals surface area (Å²) in [4.78, 5) is 4.08. The minimum atomic E-state index is -4.37. The van der Waals surface area contributed by atoms with Gasteiger partial charge in [0, 0.05) is 42.6 Å². The number of fused-ring (bicyclic) bond motifs is 1. The normalized spacial score (nSPS) is 11.7. The number of benzene rings is 2. The molecule has 4 rings (SSSR count). The summed E-state index contributed by atoms with van der Waals surface area (Å²) in [5, 5.41) is 4.33. The third kappa shape index (κ3) is 3.71. The number of pyridine rings is 1. The van der Waals surface area contributed by atoms with Crippen LogP contribution in [-0.4, -0.2) is 9.55 Å². The second kappa shape index (κ2) is 7.38. The molecule has 0 fully saturated rings. The monoisotopic (exact) mass is 381 g/mol. The number of aromatic nitrogens is 2. The van der Waals surface area contributed by atoms with Crippen LogP contribution in [0.1, 0.15) is 16.7 Å². The number of alkyl halides is 3. The van der Waals surface area contributed by atoms with E-state index in [1.807, 2.05) is 47.2 Å². The van der Waals surface area contributed by atoms with E-state index in [4.69, 9.17) is 0 Å². The van der Waals surface area contributed by atoms with Gasteiger partial charge in [-0.3, -0.25) is 4.98 Å². The van der Waals surface area contributed by atoms with Crippen LogP contribution < -0.4 is 5.32 Å². The average Bonchev–Trinajstić information content (AvgIpc) is 3.05. The van der Waals surface area contributed by atoms with E-state index in [-0.39, 0.29) is 12.1 Å². The Labute approximate surface area is 160 Å². The number of halogens is 3. The maximum absolute atomic E-state index is 13.4. The first-order chi connectivity index (χ1) is 13.5. The lowest BCUT2D eigenvalue weighted by Gasteiger charge is -2.13. The summed E-state index contributed by atoms with van der Waals surface area (Å²) in [6.45, 7) is 0.712. The standard InChI is InChI=1S/C22H18F3N3/c23-22(24,25)20-9-3-1-6-16(20)14-28-15-17(19-8-2-4-10-21(19)28)12-27-18-7-5-11-26-13-18/h1-11,13,15,27H,12,14H2. The molecule has 0 aliphatic carbocycles. The first-order valence-corrected chi connectivity index (χ1v) is 8.88. The van der Waals surface area contributed by atoms with Crippen LogP contribution in [0.4, 0.5) is 18.9 Å².